The van der Waals surface area contributed by atoms with E-state index in [1.807, 2.05) is 4.90 Å². The van der Waals surface area contributed by atoms with Gasteiger partial charge in [-0.1, -0.05) is 51.1 Å². The number of likely N-dealkylation sites (N-methyl/N-ethyl adjacent to an activating group) is 1. The Bertz CT molecular complexity index is 960. The van der Waals surface area contributed by atoms with Crippen LogP contribution in [0.15, 0.2) is 48.5 Å². The van der Waals surface area contributed by atoms with E-state index >= 15 is 0 Å². The number of hydrogen-bond acceptors (Lipinski definition) is 4. The van der Waals surface area contributed by atoms with E-state index in [9.17, 15) is 4.79 Å². The Kier molecular flexibility index (Phi) is 8.33. The molecule has 2 aromatic rings. The lowest BCUT2D eigenvalue weighted by Gasteiger charge is -2.44. The zero-order chi connectivity index (χ0) is 23.8. The molecule has 0 spiro atoms. The number of hydrogen-bond donors (Lipinski definition) is 0. The van der Waals surface area contributed by atoms with Crippen LogP contribution in [-0.2, 0) is 21.4 Å². The molecule has 1 amide bonds. The third-order valence-corrected chi connectivity index (χ3v) is 7.32. The monoisotopic (exact) mass is 485 g/mol. The fourth-order valence-electron chi connectivity index (χ4n) is 4.98. The van der Waals surface area contributed by atoms with Crippen molar-refractivity contribution >= 4 is 29.7 Å². The molecule has 4 rings (SSSR count). The SMILES string of the molecule is CC1CN(c2ccccc2CC2OCCN(c3ccc(C(C)(C)C)cc3)C2=O)CC(C)N1C.Cl. The molecular formula is C28H40ClN3O2. The van der Waals surface area contributed by atoms with Crippen LogP contribution < -0.4 is 9.80 Å². The molecule has 0 saturated carbocycles. The number of nitrogens with zero attached hydrogens (tertiary/aromatic N) is 3. The number of halogens is 1. The fraction of sp³-hybridized carbons (Fsp3) is 0.536. The number of amides is 1. The maximum absolute atomic E-state index is 13.4. The van der Waals surface area contributed by atoms with E-state index in [1.165, 1.54) is 16.8 Å². The van der Waals surface area contributed by atoms with Crippen LogP contribution in [0.2, 0.25) is 0 Å². The van der Waals surface area contributed by atoms with Gasteiger partial charge in [-0.3, -0.25) is 9.69 Å². The summed E-state index contributed by atoms with van der Waals surface area (Å²) in [5.74, 6) is 0.0553. The summed E-state index contributed by atoms with van der Waals surface area (Å²) in [5, 5.41) is 0. The van der Waals surface area contributed by atoms with Crippen molar-refractivity contribution in [1.29, 1.82) is 0 Å². The number of benzene rings is 2. The number of carbonyl (C=O) groups excluding carboxylic acids is 1. The van der Waals surface area contributed by atoms with Gasteiger partial charge >= 0.3 is 0 Å². The minimum absolute atomic E-state index is 0. The smallest absolute Gasteiger partial charge is 0.256 e. The number of piperazine rings is 1. The highest BCUT2D eigenvalue weighted by Gasteiger charge is 2.33. The van der Waals surface area contributed by atoms with E-state index in [2.05, 4.69) is 100.0 Å². The first-order valence-corrected chi connectivity index (χ1v) is 12.2. The molecule has 6 heteroatoms. The minimum Gasteiger partial charge on any atom is -0.368 e. The molecule has 2 aromatic carbocycles. The first kappa shape index (κ1) is 26.5. The quantitative estimate of drug-likeness (QED) is 0.616. The average Bonchev–Trinajstić information content (AvgIpc) is 2.78. The van der Waals surface area contributed by atoms with Gasteiger partial charge in [-0.2, -0.15) is 0 Å². The predicted molar refractivity (Wildman–Crippen MR) is 144 cm³/mol. The largest absolute Gasteiger partial charge is 0.368 e. The van der Waals surface area contributed by atoms with Crippen LogP contribution in [0.5, 0.6) is 0 Å². The lowest BCUT2D eigenvalue weighted by molar-refractivity contribution is -0.133. The van der Waals surface area contributed by atoms with E-state index < -0.39 is 6.10 Å². The Morgan fingerprint density at radius 2 is 1.59 bits per heavy atom. The van der Waals surface area contributed by atoms with Crippen molar-refractivity contribution < 1.29 is 9.53 Å². The van der Waals surface area contributed by atoms with Crippen molar-refractivity contribution in [3.63, 3.8) is 0 Å². The number of para-hydroxylation sites is 1. The Balaban J connectivity index is 0.00000324. The molecule has 2 heterocycles. The zero-order valence-corrected chi connectivity index (χ0v) is 22.3. The van der Waals surface area contributed by atoms with Gasteiger partial charge in [0, 0.05) is 49.5 Å². The van der Waals surface area contributed by atoms with Crippen molar-refractivity contribution in [3.8, 4) is 0 Å². The summed E-state index contributed by atoms with van der Waals surface area (Å²) in [6.45, 7) is 14.3. The second kappa shape index (κ2) is 10.7. The van der Waals surface area contributed by atoms with Gasteiger partial charge < -0.3 is 14.5 Å². The summed E-state index contributed by atoms with van der Waals surface area (Å²) in [4.78, 5) is 20.2. The van der Waals surface area contributed by atoms with E-state index in [4.69, 9.17) is 4.74 Å². The Labute approximate surface area is 211 Å². The number of ether oxygens (including phenoxy) is 1. The Hall–Kier alpha value is -2.08. The normalized spacial score (nSPS) is 24.2. The van der Waals surface area contributed by atoms with Crippen molar-refractivity contribution in [2.24, 2.45) is 0 Å². The minimum atomic E-state index is -0.454. The van der Waals surface area contributed by atoms with Gasteiger partial charge in [0.2, 0.25) is 0 Å². The van der Waals surface area contributed by atoms with Crippen molar-refractivity contribution in [2.45, 2.75) is 64.6 Å². The van der Waals surface area contributed by atoms with Crippen LogP contribution in [0.1, 0.15) is 45.7 Å². The van der Waals surface area contributed by atoms with Gasteiger partial charge in [-0.25, -0.2) is 0 Å². The summed E-state index contributed by atoms with van der Waals surface area (Å²) in [6.07, 6.45) is 0.144. The van der Waals surface area contributed by atoms with Gasteiger partial charge in [0.25, 0.3) is 5.91 Å². The highest BCUT2D eigenvalue weighted by Crippen LogP contribution is 2.29. The topological polar surface area (TPSA) is 36.0 Å². The van der Waals surface area contributed by atoms with Gasteiger partial charge in [-0.05, 0) is 55.6 Å². The molecule has 3 atom stereocenters. The van der Waals surface area contributed by atoms with Crippen LogP contribution in [-0.4, -0.2) is 62.3 Å². The number of morpholine rings is 1. The second-order valence-electron chi connectivity index (χ2n) is 10.7. The van der Waals surface area contributed by atoms with Gasteiger partial charge in [0.15, 0.2) is 0 Å². The predicted octanol–water partition coefficient (Wildman–Crippen LogP) is 4.91. The maximum atomic E-state index is 13.4. The summed E-state index contributed by atoms with van der Waals surface area (Å²) < 4.78 is 6.01. The van der Waals surface area contributed by atoms with E-state index in [1.54, 1.807) is 0 Å². The molecule has 0 radical (unpaired) electrons. The lowest BCUT2D eigenvalue weighted by Crippen LogP contribution is -2.55. The molecule has 34 heavy (non-hydrogen) atoms. The average molecular weight is 486 g/mol. The highest BCUT2D eigenvalue weighted by atomic mass is 35.5. The molecule has 5 nitrogen and oxygen atoms in total. The molecule has 0 aliphatic carbocycles. The molecule has 186 valence electrons. The van der Waals surface area contributed by atoms with Crippen LogP contribution in [0.4, 0.5) is 11.4 Å². The van der Waals surface area contributed by atoms with Crippen LogP contribution in [0, 0.1) is 0 Å². The molecule has 0 N–H and O–H groups in total. The molecule has 2 fully saturated rings. The third-order valence-electron chi connectivity index (χ3n) is 7.32. The van der Waals surface area contributed by atoms with Crippen molar-refractivity contribution in [2.75, 3.05) is 43.1 Å². The number of rotatable bonds is 4. The van der Waals surface area contributed by atoms with Gasteiger partial charge in [-0.15, -0.1) is 12.4 Å². The molecule has 2 saturated heterocycles. The molecule has 0 aromatic heterocycles. The van der Waals surface area contributed by atoms with Crippen LogP contribution in [0.25, 0.3) is 0 Å². The second-order valence-corrected chi connectivity index (χ2v) is 10.7. The maximum Gasteiger partial charge on any atom is 0.256 e. The molecule has 2 aliphatic rings. The number of anilines is 2. The highest BCUT2D eigenvalue weighted by molar-refractivity contribution is 5.97. The molecular weight excluding hydrogens is 446 g/mol. The first-order valence-electron chi connectivity index (χ1n) is 12.2. The van der Waals surface area contributed by atoms with E-state index in [-0.39, 0.29) is 23.7 Å². The van der Waals surface area contributed by atoms with Crippen molar-refractivity contribution in [1.82, 2.24) is 4.90 Å². The Morgan fingerprint density at radius 3 is 2.21 bits per heavy atom. The zero-order valence-electron chi connectivity index (χ0n) is 21.5. The summed E-state index contributed by atoms with van der Waals surface area (Å²) in [6, 6.07) is 17.9. The first-order chi connectivity index (χ1) is 15.6. The molecule has 3 unspecified atom stereocenters. The lowest BCUT2D eigenvalue weighted by atomic mass is 9.87. The third kappa shape index (κ3) is 5.59. The van der Waals surface area contributed by atoms with Crippen LogP contribution >= 0.6 is 12.4 Å². The molecule has 0 bridgehead atoms. The van der Waals surface area contributed by atoms with E-state index in [0.29, 0.717) is 31.7 Å². The molecule has 2 aliphatic heterocycles. The van der Waals surface area contributed by atoms with Crippen molar-refractivity contribution in [3.05, 3.63) is 59.7 Å². The van der Waals surface area contributed by atoms with Crippen LogP contribution in [0.3, 0.4) is 0 Å². The standard InChI is InChI=1S/C28H39N3O2.ClH/c1-20-18-30(19-21(2)29(20)6)25-10-8-7-9-22(25)17-26-27(32)31(15-16-33-26)24-13-11-23(12-14-24)28(3,4)5;/h7-14,20-21,26H,15-19H2,1-6H3;1H. The van der Waals surface area contributed by atoms with E-state index in [0.717, 1.165) is 18.8 Å². The number of carbonyl (C=O) groups is 1. The Morgan fingerprint density at radius 1 is 0.971 bits per heavy atom. The summed E-state index contributed by atoms with van der Waals surface area (Å²) in [7, 11) is 2.20. The van der Waals surface area contributed by atoms with Gasteiger partial charge in [0.05, 0.1) is 6.61 Å². The summed E-state index contributed by atoms with van der Waals surface area (Å²) in [5.41, 5.74) is 4.74. The fourth-order valence-corrected chi connectivity index (χ4v) is 4.98. The summed E-state index contributed by atoms with van der Waals surface area (Å²) >= 11 is 0. The van der Waals surface area contributed by atoms with Gasteiger partial charge in [0.1, 0.15) is 6.10 Å².